The van der Waals surface area contributed by atoms with Crippen molar-refractivity contribution >= 4 is 22.6 Å². The molecule has 1 aliphatic rings. The van der Waals surface area contributed by atoms with Gasteiger partial charge in [0.15, 0.2) is 0 Å². The van der Waals surface area contributed by atoms with Gasteiger partial charge in [-0.3, -0.25) is 9.36 Å². The Morgan fingerprint density at radius 3 is 3.16 bits per heavy atom. The molecule has 1 aromatic heterocycles. The molecule has 0 spiro atoms. The van der Waals surface area contributed by atoms with Gasteiger partial charge in [-0.25, -0.2) is 4.98 Å². The van der Waals surface area contributed by atoms with E-state index in [0.717, 1.165) is 6.42 Å². The molecule has 5 heteroatoms. The summed E-state index contributed by atoms with van der Waals surface area (Å²) in [4.78, 5) is 16.1. The van der Waals surface area contributed by atoms with Crippen LogP contribution < -0.4 is 5.56 Å². The Morgan fingerprint density at radius 1 is 1.42 bits per heavy atom. The van der Waals surface area contributed by atoms with Gasteiger partial charge in [0.25, 0.3) is 5.56 Å². The van der Waals surface area contributed by atoms with Gasteiger partial charge in [0.05, 0.1) is 23.0 Å². The van der Waals surface area contributed by atoms with Gasteiger partial charge in [0, 0.05) is 6.20 Å². The van der Waals surface area contributed by atoms with Crippen molar-refractivity contribution in [3.63, 3.8) is 0 Å². The standard InChI is InChI=1S/C14H13IN2O2/c15-12-7-16-9-17(14(12)18)8-13-11-4-2-1-3-10(11)5-6-19-13/h1-4,7,9,13H,5-6,8H2. The normalized spacial score (nSPS) is 18.1. The Labute approximate surface area is 124 Å². The van der Waals surface area contributed by atoms with Gasteiger partial charge in [-0.05, 0) is 40.1 Å². The monoisotopic (exact) mass is 368 g/mol. The van der Waals surface area contributed by atoms with E-state index in [0.29, 0.717) is 16.7 Å². The number of halogens is 1. The number of benzene rings is 1. The first-order chi connectivity index (χ1) is 9.25. The maximum Gasteiger partial charge on any atom is 0.266 e. The molecule has 0 saturated carbocycles. The molecule has 2 aromatic rings. The van der Waals surface area contributed by atoms with Crippen LogP contribution in [0.4, 0.5) is 0 Å². The van der Waals surface area contributed by atoms with Gasteiger partial charge >= 0.3 is 0 Å². The average Bonchev–Trinajstić information content (AvgIpc) is 2.44. The van der Waals surface area contributed by atoms with Crippen LogP contribution in [0.15, 0.2) is 41.6 Å². The van der Waals surface area contributed by atoms with E-state index in [1.165, 1.54) is 11.1 Å². The van der Waals surface area contributed by atoms with Crippen molar-refractivity contribution in [2.24, 2.45) is 0 Å². The number of hydrogen-bond donors (Lipinski definition) is 0. The van der Waals surface area contributed by atoms with Gasteiger partial charge in [0.2, 0.25) is 0 Å². The lowest BCUT2D eigenvalue weighted by Crippen LogP contribution is -2.28. The zero-order valence-corrected chi connectivity index (χ0v) is 12.4. The maximum atomic E-state index is 12.0. The largest absolute Gasteiger partial charge is 0.371 e. The van der Waals surface area contributed by atoms with E-state index in [-0.39, 0.29) is 11.7 Å². The summed E-state index contributed by atoms with van der Waals surface area (Å²) in [6.45, 7) is 1.22. The molecule has 1 atom stereocenters. The number of nitrogens with zero attached hydrogens (tertiary/aromatic N) is 2. The Kier molecular flexibility index (Phi) is 3.65. The van der Waals surface area contributed by atoms with E-state index in [1.807, 2.05) is 34.7 Å². The minimum absolute atomic E-state index is 0.0118. The van der Waals surface area contributed by atoms with E-state index in [1.54, 1.807) is 17.1 Å². The maximum absolute atomic E-state index is 12.0. The Hall–Kier alpha value is -1.21. The molecule has 98 valence electrons. The molecule has 0 amide bonds. The second-order valence-corrected chi connectivity index (χ2v) is 5.67. The molecule has 4 nitrogen and oxygen atoms in total. The first kappa shape index (κ1) is 12.8. The number of hydrogen-bond acceptors (Lipinski definition) is 3. The summed E-state index contributed by atoms with van der Waals surface area (Å²) >= 11 is 2.01. The highest BCUT2D eigenvalue weighted by Gasteiger charge is 2.21. The predicted octanol–water partition coefficient (Wildman–Crippen LogP) is 2.16. The van der Waals surface area contributed by atoms with Gasteiger partial charge in [-0.15, -0.1) is 0 Å². The summed E-state index contributed by atoms with van der Waals surface area (Å²) in [7, 11) is 0. The van der Waals surface area contributed by atoms with E-state index < -0.39 is 0 Å². The zero-order valence-electron chi connectivity index (χ0n) is 10.3. The molecule has 0 fully saturated rings. The summed E-state index contributed by atoms with van der Waals surface area (Å²) in [5.41, 5.74) is 2.48. The van der Waals surface area contributed by atoms with Crippen LogP contribution in [0.2, 0.25) is 0 Å². The number of rotatable bonds is 2. The van der Waals surface area contributed by atoms with Crippen molar-refractivity contribution in [3.05, 3.63) is 61.8 Å². The fourth-order valence-electron chi connectivity index (χ4n) is 2.36. The molecule has 1 unspecified atom stereocenters. The molecular weight excluding hydrogens is 355 g/mol. The van der Waals surface area contributed by atoms with Crippen LogP contribution in [-0.2, 0) is 17.7 Å². The highest BCUT2D eigenvalue weighted by molar-refractivity contribution is 14.1. The summed E-state index contributed by atoms with van der Waals surface area (Å²) in [5.74, 6) is 0. The molecule has 0 N–H and O–H groups in total. The van der Waals surface area contributed by atoms with Gasteiger partial charge in [-0.2, -0.15) is 0 Å². The SMILES string of the molecule is O=c1c(I)cncn1CC1OCCc2ccccc21. The molecule has 2 heterocycles. The number of fused-ring (bicyclic) bond motifs is 1. The minimum atomic E-state index is -0.0670. The van der Waals surface area contributed by atoms with Crippen molar-refractivity contribution in [3.8, 4) is 0 Å². The lowest BCUT2D eigenvalue weighted by atomic mass is 9.97. The summed E-state index contributed by atoms with van der Waals surface area (Å²) < 4.78 is 8.06. The van der Waals surface area contributed by atoms with E-state index in [9.17, 15) is 4.79 Å². The number of aromatic nitrogens is 2. The lowest BCUT2D eigenvalue weighted by molar-refractivity contribution is 0.0297. The smallest absolute Gasteiger partial charge is 0.266 e. The van der Waals surface area contributed by atoms with Crippen LogP contribution in [0.1, 0.15) is 17.2 Å². The third kappa shape index (κ3) is 2.57. The fourth-order valence-corrected chi connectivity index (χ4v) is 2.83. The van der Waals surface area contributed by atoms with E-state index in [2.05, 4.69) is 17.1 Å². The lowest BCUT2D eigenvalue weighted by Gasteiger charge is -2.26. The average molecular weight is 368 g/mol. The van der Waals surface area contributed by atoms with Crippen molar-refractivity contribution in [1.82, 2.24) is 9.55 Å². The topological polar surface area (TPSA) is 44.1 Å². The molecule has 0 bridgehead atoms. The molecule has 19 heavy (non-hydrogen) atoms. The summed E-state index contributed by atoms with van der Waals surface area (Å²) in [5, 5.41) is 0. The van der Waals surface area contributed by atoms with Crippen LogP contribution in [0.5, 0.6) is 0 Å². The predicted molar refractivity (Wildman–Crippen MR) is 80.1 cm³/mol. The molecule has 0 saturated heterocycles. The summed E-state index contributed by atoms with van der Waals surface area (Å²) in [6, 6.07) is 8.25. The van der Waals surface area contributed by atoms with E-state index in [4.69, 9.17) is 4.74 Å². The van der Waals surface area contributed by atoms with Gasteiger partial charge in [-0.1, -0.05) is 24.3 Å². The quantitative estimate of drug-likeness (QED) is 0.764. The molecule has 1 aliphatic heterocycles. The zero-order chi connectivity index (χ0) is 13.2. The van der Waals surface area contributed by atoms with Crippen molar-refractivity contribution in [2.75, 3.05) is 6.61 Å². The van der Waals surface area contributed by atoms with Crippen LogP contribution in [0, 0.1) is 3.57 Å². The first-order valence-electron chi connectivity index (χ1n) is 6.15. The van der Waals surface area contributed by atoms with Crippen LogP contribution in [-0.4, -0.2) is 16.2 Å². The molecule has 1 aromatic carbocycles. The Bertz CT molecular complexity index is 654. The highest BCUT2D eigenvalue weighted by Crippen LogP contribution is 2.27. The van der Waals surface area contributed by atoms with Crippen molar-refractivity contribution < 1.29 is 4.74 Å². The van der Waals surface area contributed by atoms with E-state index >= 15 is 0 Å². The third-order valence-electron chi connectivity index (χ3n) is 3.31. The van der Waals surface area contributed by atoms with Crippen LogP contribution in [0.25, 0.3) is 0 Å². The van der Waals surface area contributed by atoms with Gasteiger partial charge < -0.3 is 4.74 Å². The fraction of sp³-hybridized carbons (Fsp3) is 0.286. The molecular formula is C14H13IN2O2. The van der Waals surface area contributed by atoms with Gasteiger partial charge in [0.1, 0.15) is 6.10 Å². The third-order valence-corrected chi connectivity index (χ3v) is 4.05. The molecule has 0 aliphatic carbocycles. The van der Waals surface area contributed by atoms with Crippen LogP contribution >= 0.6 is 22.6 Å². The Morgan fingerprint density at radius 2 is 2.26 bits per heavy atom. The van der Waals surface area contributed by atoms with Crippen molar-refractivity contribution in [1.29, 1.82) is 0 Å². The Balaban J connectivity index is 1.93. The second-order valence-electron chi connectivity index (χ2n) is 4.51. The summed E-state index contributed by atoms with van der Waals surface area (Å²) in [6.07, 6.45) is 4.02. The molecule has 0 radical (unpaired) electrons. The highest BCUT2D eigenvalue weighted by atomic mass is 127. The minimum Gasteiger partial charge on any atom is -0.371 e. The number of ether oxygens (including phenoxy) is 1. The molecule has 3 rings (SSSR count). The first-order valence-corrected chi connectivity index (χ1v) is 7.23. The second kappa shape index (κ2) is 5.42. The van der Waals surface area contributed by atoms with Crippen molar-refractivity contribution in [2.45, 2.75) is 19.1 Å². The van der Waals surface area contributed by atoms with Crippen LogP contribution in [0.3, 0.4) is 0 Å².